The van der Waals surface area contributed by atoms with E-state index in [2.05, 4.69) is 13.8 Å². The average molecular weight is 489 g/mol. The molecular formula is C29H44O6. The van der Waals surface area contributed by atoms with Crippen molar-refractivity contribution in [3.05, 3.63) is 41.0 Å². The molecular weight excluding hydrogens is 444 g/mol. The van der Waals surface area contributed by atoms with E-state index in [0.29, 0.717) is 5.56 Å². The van der Waals surface area contributed by atoms with Gasteiger partial charge in [-0.15, -0.1) is 0 Å². The molecule has 196 valence electrons. The van der Waals surface area contributed by atoms with E-state index in [1.54, 1.807) is 12.1 Å². The third-order valence-electron chi connectivity index (χ3n) is 5.87. The maximum absolute atomic E-state index is 12.7. The van der Waals surface area contributed by atoms with Gasteiger partial charge in [0.2, 0.25) is 0 Å². The van der Waals surface area contributed by atoms with Crippen LogP contribution in [0.5, 0.6) is 0 Å². The van der Waals surface area contributed by atoms with Gasteiger partial charge >= 0.3 is 17.9 Å². The molecule has 1 N–H and O–H groups in total. The molecule has 35 heavy (non-hydrogen) atoms. The van der Waals surface area contributed by atoms with Crippen LogP contribution in [0.1, 0.15) is 120 Å². The molecule has 0 radical (unpaired) electrons. The van der Waals surface area contributed by atoms with Gasteiger partial charge in [0, 0.05) is 0 Å². The van der Waals surface area contributed by atoms with Crippen LogP contribution < -0.4 is 0 Å². The molecule has 0 bridgehead atoms. The standard InChI is InChI=1S/C29H44O6/c1-3-5-7-9-11-13-15-21-34-28(32)26(23-24-17-19-25(20-18-24)27(30)31)29(33)35-22-16-14-12-10-8-6-4-2/h17-20,23H,3-16,21-22H2,1-2H3,(H,30,31). The molecule has 0 heterocycles. The highest BCUT2D eigenvalue weighted by Crippen LogP contribution is 2.14. The van der Waals surface area contributed by atoms with E-state index >= 15 is 0 Å². The summed E-state index contributed by atoms with van der Waals surface area (Å²) in [4.78, 5) is 36.5. The number of rotatable bonds is 20. The summed E-state index contributed by atoms with van der Waals surface area (Å²) in [5.41, 5.74) is 0.497. The van der Waals surface area contributed by atoms with Crippen LogP contribution in [0.2, 0.25) is 0 Å². The van der Waals surface area contributed by atoms with Gasteiger partial charge in [-0.05, 0) is 36.6 Å². The average Bonchev–Trinajstić information content (AvgIpc) is 2.85. The van der Waals surface area contributed by atoms with Crippen LogP contribution in [-0.2, 0) is 19.1 Å². The number of carbonyl (C=O) groups is 3. The lowest BCUT2D eigenvalue weighted by Crippen LogP contribution is -2.19. The Morgan fingerprint density at radius 2 is 1.06 bits per heavy atom. The molecule has 0 fully saturated rings. The van der Waals surface area contributed by atoms with E-state index in [4.69, 9.17) is 14.6 Å². The first kappa shape index (κ1) is 30.4. The highest BCUT2D eigenvalue weighted by atomic mass is 16.6. The minimum absolute atomic E-state index is 0.131. The number of hydrogen-bond acceptors (Lipinski definition) is 5. The predicted molar refractivity (Wildman–Crippen MR) is 139 cm³/mol. The van der Waals surface area contributed by atoms with Crippen molar-refractivity contribution in [1.29, 1.82) is 0 Å². The number of esters is 2. The monoisotopic (exact) mass is 488 g/mol. The smallest absolute Gasteiger partial charge is 0.345 e. The predicted octanol–water partition coefficient (Wildman–Crippen LogP) is 7.36. The summed E-state index contributed by atoms with van der Waals surface area (Å²) >= 11 is 0. The van der Waals surface area contributed by atoms with E-state index in [1.807, 2.05) is 0 Å². The van der Waals surface area contributed by atoms with Crippen molar-refractivity contribution >= 4 is 24.0 Å². The maximum atomic E-state index is 12.7. The second-order valence-electron chi connectivity index (χ2n) is 9.00. The summed E-state index contributed by atoms with van der Waals surface area (Å²) in [6.45, 7) is 4.88. The second-order valence-corrected chi connectivity index (χ2v) is 9.00. The number of aromatic carboxylic acids is 1. The molecule has 0 saturated carbocycles. The molecule has 0 saturated heterocycles. The summed E-state index contributed by atoms with van der Waals surface area (Å²) in [5, 5.41) is 9.07. The van der Waals surface area contributed by atoms with Crippen molar-refractivity contribution in [1.82, 2.24) is 0 Å². The van der Waals surface area contributed by atoms with E-state index in [9.17, 15) is 14.4 Å². The number of benzene rings is 1. The Hall–Kier alpha value is -2.63. The summed E-state index contributed by atoms with van der Waals surface area (Å²) in [6.07, 6.45) is 16.8. The Morgan fingerprint density at radius 1 is 0.657 bits per heavy atom. The van der Waals surface area contributed by atoms with Gasteiger partial charge in [0.1, 0.15) is 5.57 Å². The molecule has 1 rings (SSSR count). The summed E-state index contributed by atoms with van der Waals surface area (Å²) in [6, 6.07) is 5.96. The van der Waals surface area contributed by atoms with Crippen LogP contribution in [0.3, 0.4) is 0 Å². The van der Waals surface area contributed by atoms with Gasteiger partial charge in [-0.1, -0.05) is 103 Å². The van der Waals surface area contributed by atoms with Gasteiger partial charge in [0.15, 0.2) is 0 Å². The number of hydrogen-bond donors (Lipinski definition) is 1. The van der Waals surface area contributed by atoms with Crippen LogP contribution in [-0.4, -0.2) is 36.2 Å². The fraction of sp³-hybridized carbons (Fsp3) is 0.621. The Bertz CT molecular complexity index is 732. The Balaban J connectivity index is 2.62. The van der Waals surface area contributed by atoms with Crippen molar-refractivity contribution < 1.29 is 29.0 Å². The molecule has 0 spiro atoms. The summed E-state index contributed by atoms with van der Waals surface area (Å²) < 4.78 is 10.7. The Morgan fingerprint density at radius 3 is 1.46 bits per heavy atom. The molecule has 0 aliphatic rings. The quantitative estimate of drug-likeness (QED) is 0.0678. The van der Waals surface area contributed by atoms with Gasteiger partial charge in [0.25, 0.3) is 0 Å². The first-order valence-electron chi connectivity index (χ1n) is 13.4. The Labute approximate surface area is 211 Å². The summed E-state index contributed by atoms with van der Waals surface area (Å²) in [7, 11) is 0. The van der Waals surface area contributed by atoms with Crippen LogP contribution >= 0.6 is 0 Å². The van der Waals surface area contributed by atoms with Crippen LogP contribution in [0.15, 0.2) is 29.8 Å². The lowest BCUT2D eigenvalue weighted by atomic mass is 10.1. The number of unbranched alkanes of at least 4 members (excludes halogenated alkanes) is 12. The molecule has 0 aromatic heterocycles. The molecule has 0 amide bonds. The fourth-order valence-corrected chi connectivity index (χ4v) is 3.69. The van der Waals surface area contributed by atoms with E-state index in [1.165, 1.54) is 69.6 Å². The topological polar surface area (TPSA) is 89.9 Å². The Kier molecular flexibility index (Phi) is 17.1. The lowest BCUT2D eigenvalue weighted by Gasteiger charge is -2.10. The minimum Gasteiger partial charge on any atom is -0.478 e. The molecule has 0 aliphatic carbocycles. The lowest BCUT2D eigenvalue weighted by molar-refractivity contribution is -0.147. The highest BCUT2D eigenvalue weighted by Gasteiger charge is 2.21. The summed E-state index contributed by atoms with van der Waals surface area (Å²) in [5.74, 6) is -2.45. The number of ether oxygens (including phenoxy) is 2. The van der Waals surface area contributed by atoms with Crippen LogP contribution in [0.25, 0.3) is 6.08 Å². The van der Waals surface area contributed by atoms with Crippen molar-refractivity contribution in [2.24, 2.45) is 0 Å². The largest absolute Gasteiger partial charge is 0.478 e. The highest BCUT2D eigenvalue weighted by molar-refractivity contribution is 6.17. The minimum atomic E-state index is -1.04. The number of carboxylic acid groups (broad SMARTS) is 1. The van der Waals surface area contributed by atoms with Crippen LogP contribution in [0.4, 0.5) is 0 Å². The zero-order valence-corrected chi connectivity index (χ0v) is 21.7. The molecule has 0 atom stereocenters. The third kappa shape index (κ3) is 14.4. The van der Waals surface area contributed by atoms with Crippen LogP contribution in [0, 0.1) is 0 Å². The SMILES string of the molecule is CCCCCCCCCOC(=O)C(=Cc1ccc(C(=O)O)cc1)C(=O)OCCCCCCCCC. The zero-order chi connectivity index (χ0) is 25.7. The van der Waals surface area contributed by atoms with E-state index in [0.717, 1.165) is 38.5 Å². The van der Waals surface area contributed by atoms with Gasteiger partial charge in [-0.3, -0.25) is 0 Å². The molecule has 1 aromatic rings. The normalized spacial score (nSPS) is 10.6. The zero-order valence-electron chi connectivity index (χ0n) is 21.7. The number of carbonyl (C=O) groups excluding carboxylic acids is 2. The van der Waals surface area contributed by atoms with Gasteiger partial charge in [0.05, 0.1) is 18.8 Å². The van der Waals surface area contributed by atoms with Crippen molar-refractivity contribution in [3.63, 3.8) is 0 Å². The first-order valence-corrected chi connectivity index (χ1v) is 13.4. The fourth-order valence-electron chi connectivity index (χ4n) is 3.69. The van der Waals surface area contributed by atoms with E-state index in [-0.39, 0.29) is 24.4 Å². The maximum Gasteiger partial charge on any atom is 0.345 e. The molecule has 0 unspecified atom stereocenters. The van der Waals surface area contributed by atoms with E-state index < -0.39 is 17.9 Å². The van der Waals surface area contributed by atoms with Crippen molar-refractivity contribution in [2.75, 3.05) is 13.2 Å². The molecule has 6 nitrogen and oxygen atoms in total. The van der Waals surface area contributed by atoms with Gasteiger partial charge in [-0.25, -0.2) is 14.4 Å². The van der Waals surface area contributed by atoms with Gasteiger partial charge in [-0.2, -0.15) is 0 Å². The number of carboxylic acids is 1. The second kappa shape index (κ2) is 19.7. The van der Waals surface area contributed by atoms with Crippen molar-refractivity contribution in [2.45, 2.75) is 104 Å². The van der Waals surface area contributed by atoms with Crippen molar-refractivity contribution in [3.8, 4) is 0 Å². The molecule has 1 aromatic carbocycles. The first-order chi connectivity index (χ1) is 17.0. The third-order valence-corrected chi connectivity index (χ3v) is 5.87. The molecule has 6 heteroatoms. The van der Waals surface area contributed by atoms with Gasteiger partial charge < -0.3 is 14.6 Å². The molecule has 0 aliphatic heterocycles.